The minimum Gasteiger partial charge on any atom is -0.465 e. The largest absolute Gasteiger partial charge is 0.465 e. The minimum atomic E-state index is -2.16. The molecule has 1 aromatic rings. The van der Waals surface area contributed by atoms with E-state index in [0.717, 1.165) is 0 Å². The number of carbonyl (C=O) groups excluding carboxylic acids is 3. The molecule has 0 heterocycles. The second-order valence-corrected chi connectivity index (χ2v) is 6.86. The summed E-state index contributed by atoms with van der Waals surface area (Å²) in [7, 11) is 0. The molecule has 2 atom stereocenters. The highest BCUT2D eigenvalue weighted by Crippen LogP contribution is 2.35. The first-order chi connectivity index (χ1) is 10.7. The number of ketones is 1. The lowest BCUT2D eigenvalue weighted by Gasteiger charge is -2.30. The first-order valence-corrected chi connectivity index (χ1v) is 7.70. The van der Waals surface area contributed by atoms with E-state index in [2.05, 4.69) is 5.32 Å². The van der Waals surface area contributed by atoms with Crippen molar-refractivity contribution in [3.63, 3.8) is 0 Å². The van der Waals surface area contributed by atoms with E-state index >= 15 is 0 Å². The van der Waals surface area contributed by atoms with Crippen LogP contribution in [0.25, 0.3) is 0 Å². The van der Waals surface area contributed by atoms with E-state index in [-0.39, 0.29) is 12.2 Å². The zero-order chi connectivity index (χ0) is 17.6. The average molecular weight is 382 g/mol. The number of urea groups is 1. The van der Waals surface area contributed by atoms with Crippen molar-refractivity contribution in [1.29, 1.82) is 0 Å². The van der Waals surface area contributed by atoms with Crippen LogP contribution in [0.1, 0.15) is 17.3 Å². The summed E-state index contributed by atoms with van der Waals surface area (Å²) < 4.78 is 2.72. The van der Waals surface area contributed by atoms with E-state index in [9.17, 15) is 14.4 Å². The highest BCUT2D eigenvalue weighted by Gasteiger charge is 2.47. The molecule has 0 aliphatic rings. The van der Waals surface area contributed by atoms with Crippen molar-refractivity contribution in [2.24, 2.45) is 11.7 Å². The van der Waals surface area contributed by atoms with E-state index in [1.165, 1.54) is 12.1 Å². The monoisotopic (exact) mass is 380 g/mol. The number of alkyl halides is 3. The van der Waals surface area contributed by atoms with Crippen LogP contribution in [0.4, 0.5) is 4.79 Å². The van der Waals surface area contributed by atoms with Crippen LogP contribution < -0.4 is 11.1 Å². The molecule has 0 fully saturated rings. The van der Waals surface area contributed by atoms with E-state index in [1.807, 2.05) is 0 Å². The maximum absolute atomic E-state index is 12.7. The van der Waals surface area contributed by atoms with Gasteiger partial charge in [0.05, 0.1) is 12.6 Å². The van der Waals surface area contributed by atoms with Crippen LogP contribution in [0.2, 0.25) is 0 Å². The molecular weight excluding hydrogens is 367 g/mol. The molecule has 2 unspecified atom stereocenters. The van der Waals surface area contributed by atoms with Crippen molar-refractivity contribution >= 4 is 52.6 Å². The maximum atomic E-state index is 12.7. The molecule has 2 amide bonds. The average Bonchev–Trinajstić information content (AvgIpc) is 2.46. The molecular formula is C14H15Cl3N2O4. The summed E-state index contributed by atoms with van der Waals surface area (Å²) in [5, 5.41) is 2.13. The predicted molar refractivity (Wildman–Crippen MR) is 87.7 cm³/mol. The number of carbonyl (C=O) groups is 3. The van der Waals surface area contributed by atoms with Crippen LogP contribution in [-0.2, 0) is 9.53 Å². The van der Waals surface area contributed by atoms with Gasteiger partial charge in [0, 0.05) is 5.56 Å². The van der Waals surface area contributed by atoms with Gasteiger partial charge in [-0.15, -0.1) is 0 Å². The summed E-state index contributed by atoms with van der Waals surface area (Å²) in [6.45, 7) is 1.58. The number of benzene rings is 1. The van der Waals surface area contributed by atoms with Crippen LogP contribution in [0.5, 0.6) is 0 Å². The molecule has 3 N–H and O–H groups in total. The van der Waals surface area contributed by atoms with Crippen LogP contribution in [-0.4, -0.2) is 34.2 Å². The van der Waals surface area contributed by atoms with Gasteiger partial charge in [-0.05, 0) is 6.92 Å². The van der Waals surface area contributed by atoms with Crippen LogP contribution >= 0.6 is 34.8 Å². The standard InChI is InChI=1S/C14H15Cl3N2O4/c1-2-23-12(21)9(10(20)8-6-4-3-5-7-8)11(14(15,16)17)19-13(18)22/h3-7,9,11H,2H2,1H3,(H3,18,19,22). The Balaban J connectivity index is 3.29. The summed E-state index contributed by atoms with van der Waals surface area (Å²) >= 11 is 17.4. The van der Waals surface area contributed by atoms with Gasteiger partial charge in [-0.25, -0.2) is 4.79 Å². The van der Waals surface area contributed by atoms with Gasteiger partial charge in [0.2, 0.25) is 3.79 Å². The molecule has 0 saturated carbocycles. The Morgan fingerprint density at radius 3 is 2.22 bits per heavy atom. The second-order valence-electron chi connectivity index (χ2n) is 4.49. The van der Waals surface area contributed by atoms with Crippen LogP contribution in [0.15, 0.2) is 30.3 Å². The fourth-order valence-electron chi connectivity index (χ4n) is 1.92. The molecule has 0 aromatic heterocycles. The molecule has 0 spiro atoms. The smallest absolute Gasteiger partial charge is 0.319 e. The van der Waals surface area contributed by atoms with E-state index in [4.69, 9.17) is 45.3 Å². The Kier molecular flexibility index (Phi) is 7.12. The number of hydrogen-bond acceptors (Lipinski definition) is 4. The summed E-state index contributed by atoms with van der Waals surface area (Å²) in [5.41, 5.74) is 5.26. The van der Waals surface area contributed by atoms with E-state index in [0.29, 0.717) is 0 Å². The third-order valence-electron chi connectivity index (χ3n) is 2.87. The molecule has 9 heteroatoms. The zero-order valence-electron chi connectivity index (χ0n) is 12.1. The van der Waals surface area contributed by atoms with Crippen molar-refractivity contribution in [3.05, 3.63) is 35.9 Å². The maximum Gasteiger partial charge on any atom is 0.319 e. The summed E-state index contributed by atoms with van der Waals surface area (Å²) in [6.07, 6.45) is 0. The fourth-order valence-corrected chi connectivity index (χ4v) is 2.46. The number of nitrogens with one attached hydrogen (secondary N) is 1. The molecule has 1 aromatic carbocycles. The predicted octanol–water partition coefficient (Wildman–Crippen LogP) is 2.46. The van der Waals surface area contributed by atoms with Crippen molar-refractivity contribution in [1.82, 2.24) is 5.32 Å². The number of amides is 2. The quantitative estimate of drug-likeness (QED) is 0.342. The van der Waals surface area contributed by atoms with E-state index < -0.39 is 33.5 Å². The zero-order valence-corrected chi connectivity index (χ0v) is 14.4. The van der Waals surface area contributed by atoms with Gasteiger partial charge in [-0.1, -0.05) is 65.1 Å². The molecule has 0 bridgehead atoms. The number of rotatable bonds is 6. The topological polar surface area (TPSA) is 98.5 Å². The third-order valence-corrected chi connectivity index (χ3v) is 3.57. The van der Waals surface area contributed by atoms with Gasteiger partial charge >= 0.3 is 12.0 Å². The van der Waals surface area contributed by atoms with Gasteiger partial charge < -0.3 is 15.8 Å². The Bertz CT molecular complexity index is 575. The minimum absolute atomic E-state index is 0.0144. The Morgan fingerprint density at radius 1 is 1.22 bits per heavy atom. The van der Waals surface area contributed by atoms with Crippen molar-refractivity contribution in [2.75, 3.05) is 6.61 Å². The Labute approximate surface area is 148 Å². The number of primary amides is 1. The highest BCUT2D eigenvalue weighted by molar-refractivity contribution is 6.68. The van der Waals surface area contributed by atoms with E-state index in [1.54, 1.807) is 25.1 Å². The van der Waals surface area contributed by atoms with Gasteiger partial charge in [-0.3, -0.25) is 9.59 Å². The molecule has 0 aliphatic carbocycles. The first-order valence-electron chi connectivity index (χ1n) is 6.57. The molecule has 6 nitrogen and oxygen atoms in total. The normalized spacial score (nSPS) is 13.7. The van der Waals surface area contributed by atoms with Gasteiger partial charge in [0.1, 0.15) is 5.92 Å². The Hall–Kier alpha value is -1.50. The van der Waals surface area contributed by atoms with Gasteiger partial charge in [0.25, 0.3) is 0 Å². The number of nitrogens with two attached hydrogens (primary N) is 1. The van der Waals surface area contributed by atoms with Crippen molar-refractivity contribution in [2.45, 2.75) is 16.8 Å². The van der Waals surface area contributed by atoms with Gasteiger partial charge in [0.15, 0.2) is 5.78 Å². The van der Waals surface area contributed by atoms with Crippen LogP contribution in [0.3, 0.4) is 0 Å². The highest BCUT2D eigenvalue weighted by atomic mass is 35.6. The summed E-state index contributed by atoms with van der Waals surface area (Å²) in [6, 6.07) is 5.38. The molecule has 126 valence electrons. The molecule has 0 aliphatic heterocycles. The fraction of sp³-hybridized carbons (Fsp3) is 0.357. The number of ether oxygens (including phenoxy) is 1. The molecule has 1 rings (SSSR count). The lowest BCUT2D eigenvalue weighted by molar-refractivity contribution is -0.146. The SMILES string of the molecule is CCOC(=O)C(C(=O)c1ccccc1)C(NC(N)=O)C(Cl)(Cl)Cl. The third kappa shape index (κ3) is 5.57. The molecule has 23 heavy (non-hydrogen) atoms. The number of halogens is 3. The first kappa shape index (κ1) is 19.5. The number of esters is 1. The Morgan fingerprint density at radius 2 is 1.78 bits per heavy atom. The number of Topliss-reactive ketones (excluding diaryl/α,β-unsaturated/α-hetero) is 1. The summed E-state index contributed by atoms with van der Waals surface area (Å²) in [4.78, 5) is 36.1. The van der Waals surface area contributed by atoms with Gasteiger partial charge in [-0.2, -0.15) is 0 Å². The lowest BCUT2D eigenvalue weighted by atomic mass is 9.91. The molecule has 0 saturated heterocycles. The second kappa shape index (κ2) is 8.38. The van der Waals surface area contributed by atoms with Crippen molar-refractivity contribution in [3.8, 4) is 0 Å². The van der Waals surface area contributed by atoms with Crippen LogP contribution in [0, 0.1) is 5.92 Å². The van der Waals surface area contributed by atoms with Crippen molar-refractivity contribution < 1.29 is 19.1 Å². The summed E-state index contributed by atoms with van der Waals surface area (Å²) in [5.74, 6) is -3.14. The lowest BCUT2D eigenvalue weighted by Crippen LogP contribution is -2.55. The number of hydrogen-bond donors (Lipinski definition) is 2. The molecule has 0 radical (unpaired) electrons.